The van der Waals surface area contributed by atoms with E-state index in [1.54, 1.807) is 12.1 Å². The maximum atomic E-state index is 14.5. The van der Waals surface area contributed by atoms with Gasteiger partial charge in [0, 0.05) is 5.39 Å². The van der Waals surface area contributed by atoms with Crippen LogP contribution in [-0.4, -0.2) is 23.6 Å². The summed E-state index contributed by atoms with van der Waals surface area (Å²) in [4.78, 5) is 41.6. The summed E-state index contributed by atoms with van der Waals surface area (Å²) in [5.74, 6) is -2.06. The summed E-state index contributed by atoms with van der Waals surface area (Å²) in [7, 11) is 1.21. The van der Waals surface area contributed by atoms with Crippen LogP contribution in [0.25, 0.3) is 32.0 Å². The van der Waals surface area contributed by atoms with Gasteiger partial charge in [-0.1, -0.05) is 47.7 Å². The Labute approximate surface area is 189 Å². The molecular weight excluding hydrogens is 447 g/mol. The first-order valence-corrected chi connectivity index (χ1v) is 10.7. The van der Waals surface area contributed by atoms with Crippen molar-refractivity contribution in [1.82, 2.24) is 4.57 Å². The van der Waals surface area contributed by atoms with Crippen molar-refractivity contribution >= 4 is 55.2 Å². The van der Waals surface area contributed by atoms with Crippen molar-refractivity contribution in [2.45, 2.75) is 6.54 Å². The number of fused-ring (bicyclic) bond motifs is 4. The van der Waals surface area contributed by atoms with Gasteiger partial charge in [-0.05, 0) is 35.0 Å². The van der Waals surface area contributed by atoms with Crippen LogP contribution in [0.15, 0.2) is 74.9 Å². The van der Waals surface area contributed by atoms with Crippen LogP contribution in [0, 0.1) is 5.82 Å². The molecule has 2 aromatic heterocycles. The van der Waals surface area contributed by atoms with Crippen molar-refractivity contribution in [2.24, 2.45) is 4.99 Å². The third-order valence-corrected chi connectivity index (χ3v) is 6.28. The van der Waals surface area contributed by atoms with Crippen molar-refractivity contribution < 1.29 is 23.1 Å². The van der Waals surface area contributed by atoms with E-state index in [4.69, 9.17) is 9.15 Å². The van der Waals surface area contributed by atoms with Crippen molar-refractivity contribution in [3.8, 4) is 0 Å². The highest BCUT2D eigenvalue weighted by Gasteiger charge is 2.18. The zero-order valence-electron chi connectivity index (χ0n) is 17.2. The molecule has 1 amide bonds. The molecule has 0 atom stereocenters. The van der Waals surface area contributed by atoms with E-state index < -0.39 is 23.3 Å². The van der Waals surface area contributed by atoms with E-state index in [1.807, 2.05) is 30.3 Å². The number of benzene rings is 3. The Hall–Kier alpha value is -4.11. The number of carbonyl (C=O) groups is 2. The molecule has 0 aliphatic rings. The number of thiazole rings is 1. The summed E-state index contributed by atoms with van der Waals surface area (Å²) in [6.45, 7) is -0.347. The molecule has 0 fully saturated rings. The summed E-state index contributed by atoms with van der Waals surface area (Å²) < 4.78 is 26.3. The monoisotopic (exact) mass is 462 g/mol. The molecule has 0 unspecified atom stereocenters. The number of nitrogens with zero attached hydrogens (tertiary/aromatic N) is 2. The molecule has 5 aromatic rings. The molecular formula is C24H15FN2O5S. The second-order valence-corrected chi connectivity index (χ2v) is 8.21. The molecule has 2 heterocycles. The molecule has 9 heteroatoms. The van der Waals surface area contributed by atoms with Gasteiger partial charge >= 0.3 is 11.6 Å². The molecule has 7 nitrogen and oxygen atoms in total. The van der Waals surface area contributed by atoms with Crippen molar-refractivity contribution in [2.75, 3.05) is 7.11 Å². The van der Waals surface area contributed by atoms with Crippen LogP contribution in [0.5, 0.6) is 0 Å². The van der Waals surface area contributed by atoms with Gasteiger partial charge in [-0.25, -0.2) is 9.18 Å². The van der Waals surface area contributed by atoms with Gasteiger partial charge in [0.15, 0.2) is 4.80 Å². The van der Waals surface area contributed by atoms with Crippen LogP contribution >= 0.6 is 11.3 Å². The van der Waals surface area contributed by atoms with Gasteiger partial charge in [0.25, 0.3) is 5.91 Å². The summed E-state index contributed by atoms with van der Waals surface area (Å²) >= 11 is 1.02. The molecule has 0 aliphatic carbocycles. The normalized spacial score (nSPS) is 12.0. The maximum absolute atomic E-state index is 14.5. The average molecular weight is 462 g/mol. The van der Waals surface area contributed by atoms with E-state index in [2.05, 4.69) is 4.99 Å². The lowest BCUT2D eigenvalue weighted by atomic mass is 10.0. The number of rotatable bonds is 3. The molecule has 0 aliphatic heterocycles. The van der Waals surface area contributed by atoms with Gasteiger partial charge in [0.2, 0.25) is 0 Å². The van der Waals surface area contributed by atoms with Crippen molar-refractivity contribution in [1.29, 1.82) is 0 Å². The summed E-state index contributed by atoms with van der Waals surface area (Å²) in [6, 6.07) is 16.9. The van der Waals surface area contributed by atoms with Gasteiger partial charge in [-0.15, -0.1) is 0 Å². The molecule has 33 heavy (non-hydrogen) atoms. The summed E-state index contributed by atoms with van der Waals surface area (Å²) in [5, 5.41) is 2.33. The Morgan fingerprint density at radius 1 is 1.09 bits per heavy atom. The standard InChI is InChI=1S/C24H15FN2O5S/c1-31-20(28)12-27-21-17(25)7-4-8-19(21)33-24(27)26-22(29)16-11-15-14-6-3-2-5-13(14)9-10-18(15)32-23(16)30/h2-11H,12H2,1H3. The first-order chi connectivity index (χ1) is 16.0. The maximum Gasteiger partial charge on any atom is 0.349 e. The Kier molecular flexibility index (Phi) is 5.10. The summed E-state index contributed by atoms with van der Waals surface area (Å²) in [5.41, 5.74) is -0.629. The molecule has 164 valence electrons. The Balaban J connectivity index is 1.71. The molecule has 3 aromatic carbocycles. The highest BCUT2D eigenvalue weighted by atomic mass is 32.1. The molecule has 0 radical (unpaired) electrons. The molecule has 0 saturated carbocycles. The van der Waals surface area contributed by atoms with Gasteiger partial charge in [0.05, 0.1) is 17.3 Å². The fourth-order valence-electron chi connectivity index (χ4n) is 3.68. The molecule has 0 saturated heterocycles. The predicted molar refractivity (Wildman–Crippen MR) is 122 cm³/mol. The Bertz CT molecular complexity index is 1710. The predicted octanol–water partition coefficient (Wildman–Crippen LogP) is 4.02. The number of amides is 1. The van der Waals surface area contributed by atoms with E-state index in [-0.39, 0.29) is 22.4 Å². The van der Waals surface area contributed by atoms with Crippen LogP contribution in [0.3, 0.4) is 0 Å². The number of ether oxygens (including phenoxy) is 1. The second kappa shape index (κ2) is 8.10. The number of halogens is 1. The van der Waals surface area contributed by atoms with Gasteiger partial charge in [0.1, 0.15) is 23.5 Å². The van der Waals surface area contributed by atoms with E-state index in [9.17, 15) is 18.8 Å². The van der Waals surface area contributed by atoms with Crippen LogP contribution < -0.4 is 10.4 Å². The third-order valence-electron chi connectivity index (χ3n) is 5.24. The SMILES string of the molecule is COC(=O)Cn1c(=NC(=O)c2cc3c(ccc4ccccc43)oc2=O)sc2cccc(F)c21. The number of esters is 1. The topological polar surface area (TPSA) is 90.9 Å². The zero-order valence-corrected chi connectivity index (χ0v) is 18.0. The number of aromatic nitrogens is 1. The fraction of sp³-hybridized carbons (Fsp3) is 0.0833. The minimum absolute atomic E-state index is 0.0583. The van der Waals surface area contributed by atoms with Crippen LogP contribution in [0.1, 0.15) is 10.4 Å². The third kappa shape index (κ3) is 3.62. The lowest BCUT2D eigenvalue weighted by Crippen LogP contribution is -2.24. The van der Waals surface area contributed by atoms with E-state index >= 15 is 0 Å². The fourth-order valence-corrected chi connectivity index (χ4v) is 4.72. The largest absolute Gasteiger partial charge is 0.468 e. The number of hydrogen-bond acceptors (Lipinski definition) is 6. The smallest absolute Gasteiger partial charge is 0.349 e. The van der Waals surface area contributed by atoms with Crippen molar-refractivity contribution in [3.05, 3.63) is 87.3 Å². The molecule has 0 bridgehead atoms. The van der Waals surface area contributed by atoms with Gasteiger partial charge in [-0.3, -0.25) is 9.59 Å². The quantitative estimate of drug-likeness (QED) is 0.230. The first kappa shape index (κ1) is 20.8. The zero-order chi connectivity index (χ0) is 23.1. The Morgan fingerprint density at radius 2 is 1.91 bits per heavy atom. The number of hydrogen-bond donors (Lipinski definition) is 0. The highest BCUT2D eigenvalue weighted by Crippen LogP contribution is 2.25. The van der Waals surface area contributed by atoms with Crippen LogP contribution in [0.4, 0.5) is 4.39 Å². The minimum atomic E-state index is -0.857. The Morgan fingerprint density at radius 3 is 2.73 bits per heavy atom. The highest BCUT2D eigenvalue weighted by molar-refractivity contribution is 7.16. The van der Waals surface area contributed by atoms with E-state index in [0.29, 0.717) is 15.7 Å². The van der Waals surface area contributed by atoms with Crippen LogP contribution in [0.2, 0.25) is 0 Å². The number of carbonyl (C=O) groups excluding carboxylic acids is 2. The minimum Gasteiger partial charge on any atom is -0.468 e. The lowest BCUT2D eigenvalue weighted by Gasteiger charge is -2.05. The number of para-hydroxylation sites is 1. The average Bonchev–Trinajstić information content (AvgIpc) is 3.16. The first-order valence-electron chi connectivity index (χ1n) is 9.85. The van der Waals surface area contributed by atoms with Gasteiger partial charge in [-0.2, -0.15) is 4.99 Å². The van der Waals surface area contributed by atoms with Gasteiger partial charge < -0.3 is 13.7 Å². The lowest BCUT2D eigenvalue weighted by molar-refractivity contribution is -0.141. The van der Waals surface area contributed by atoms with Crippen LogP contribution in [-0.2, 0) is 16.1 Å². The molecule has 5 rings (SSSR count). The second-order valence-electron chi connectivity index (χ2n) is 7.20. The van der Waals surface area contributed by atoms with Crippen molar-refractivity contribution in [3.63, 3.8) is 0 Å². The van der Waals surface area contributed by atoms with E-state index in [0.717, 1.165) is 22.1 Å². The number of methoxy groups -OCH3 is 1. The molecule has 0 spiro atoms. The summed E-state index contributed by atoms with van der Waals surface area (Å²) in [6.07, 6.45) is 0. The van der Waals surface area contributed by atoms with E-state index in [1.165, 1.54) is 29.9 Å². The molecule has 0 N–H and O–H groups in total.